The van der Waals surface area contributed by atoms with Crippen LogP contribution in [-0.4, -0.2) is 25.6 Å². The number of hydrogen-bond acceptors (Lipinski definition) is 3. The van der Waals surface area contributed by atoms with Crippen LogP contribution in [0.15, 0.2) is 53.4 Å². The van der Waals surface area contributed by atoms with Gasteiger partial charge in [0.15, 0.2) is 9.84 Å². The van der Waals surface area contributed by atoms with Crippen molar-refractivity contribution in [1.29, 1.82) is 0 Å². The van der Waals surface area contributed by atoms with Crippen molar-refractivity contribution >= 4 is 38.9 Å². The second-order valence-electron chi connectivity index (χ2n) is 6.06. The zero-order valence-electron chi connectivity index (χ0n) is 13.9. The van der Waals surface area contributed by atoms with Crippen molar-refractivity contribution in [3.8, 4) is 0 Å². The Kier molecular flexibility index (Phi) is 6.14. The summed E-state index contributed by atoms with van der Waals surface area (Å²) in [5.41, 5.74) is 0.892. The predicted molar refractivity (Wildman–Crippen MR) is 101 cm³/mol. The molecule has 25 heavy (non-hydrogen) atoms. The van der Waals surface area contributed by atoms with Crippen molar-refractivity contribution < 1.29 is 13.2 Å². The second-order valence-corrected chi connectivity index (χ2v) is 9.41. The van der Waals surface area contributed by atoms with E-state index in [-0.39, 0.29) is 4.90 Å². The van der Waals surface area contributed by atoms with Crippen LogP contribution in [0.3, 0.4) is 0 Å². The normalized spacial score (nSPS) is 12.0. The van der Waals surface area contributed by atoms with E-state index in [9.17, 15) is 13.2 Å². The highest BCUT2D eigenvalue weighted by molar-refractivity contribution is 7.93. The minimum absolute atomic E-state index is 0.0585. The van der Waals surface area contributed by atoms with E-state index >= 15 is 0 Å². The second kappa shape index (κ2) is 7.77. The Morgan fingerprint density at radius 3 is 2.24 bits per heavy atom. The fraction of sp³-hybridized carbons (Fsp3) is 0.278. The predicted octanol–water partition coefficient (Wildman–Crippen LogP) is 3.90. The van der Waals surface area contributed by atoms with Gasteiger partial charge in [0.1, 0.15) is 4.75 Å². The number of carbonyl (C=O) groups excluding carboxylic acids is 1. The smallest absolute Gasteiger partial charge is 0.241 e. The van der Waals surface area contributed by atoms with E-state index < -0.39 is 20.5 Å². The monoisotopic (exact) mass is 399 g/mol. The molecule has 1 amide bonds. The summed E-state index contributed by atoms with van der Waals surface area (Å²) in [6.07, 6.45) is 0.516. The maximum Gasteiger partial charge on any atom is 0.241 e. The zero-order chi connectivity index (χ0) is 18.7. The fourth-order valence-corrected chi connectivity index (χ4v) is 4.01. The van der Waals surface area contributed by atoms with Gasteiger partial charge < -0.3 is 5.32 Å². The third-order valence-electron chi connectivity index (χ3n) is 3.98. The van der Waals surface area contributed by atoms with Crippen LogP contribution >= 0.6 is 23.2 Å². The molecule has 0 aliphatic heterocycles. The van der Waals surface area contributed by atoms with Crippen molar-refractivity contribution in [2.24, 2.45) is 0 Å². The first-order valence-electron chi connectivity index (χ1n) is 7.68. The number of sulfone groups is 1. The molecular weight excluding hydrogens is 381 g/mol. The molecule has 0 spiro atoms. The molecule has 0 fully saturated rings. The molecule has 0 aromatic heterocycles. The summed E-state index contributed by atoms with van der Waals surface area (Å²) in [5.74, 6) is -0.561. The molecule has 0 aliphatic rings. The third kappa shape index (κ3) is 4.35. The summed E-state index contributed by atoms with van der Waals surface area (Å²) in [6, 6.07) is 13.1. The average molecular weight is 400 g/mol. The maximum atomic E-state index is 12.8. The van der Waals surface area contributed by atoms with Gasteiger partial charge in [0.2, 0.25) is 5.91 Å². The van der Waals surface area contributed by atoms with Crippen LogP contribution in [0, 0.1) is 0 Å². The minimum atomic E-state index is -3.85. The van der Waals surface area contributed by atoms with Crippen LogP contribution < -0.4 is 5.32 Å². The molecule has 2 aromatic carbocycles. The lowest BCUT2D eigenvalue weighted by Gasteiger charge is -2.24. The molecule has 1 N–H and O–H groups in total. The SMILES string of the molecule is CC(C)(C(=O)NCCc1ccccc1Cl)S(=O)(=O)c1ccc(Cl)cc1. The summed E-state index contributed by atoms with van der Waals surface area (Å²) < 4.78 is 23.9. The number of benzene rings is 2. The van der Waals surface area contributed by atoms with Crippen molar-refractivity contribution in [2.75, 3.05) is 6.54 Å². The molecule has 0 saturated heterocycles. The van der Waals surface area contributed by atoms with Crippen molar-refractivity contribution in [3.05, 3.63) is 64.1 Å². The highest BCUT2D eigenvalue weighted by Gasteiger charge is 2.42. The van der Waals surface area contributed by atoms with E-state index in [2.05, 4.69) is 5.32 Å². The molecule has 2 aromatic rings. The van der Waals surface area contributed by atoms with Crippen LogP contribution in [0.1, 0.15) is 19.4 Å². The van der Waals surface area contributed by atoms with Crippen LogP contribution in [0.25, 0.3) is 0 Å². The molecule has 2 rings (SSSR count). The Bertz CT molecular complexity index is 862. The molecular formula is C18H19Cl2NO3S. The minimum Gasteiger partial charge on any atom is -0.354 e. The molecule has 0 saturated carbocycles. The van der Waals surface area contributed by atoms with Gasteiger partial charge >= 0.3 is 0 Å². The van der Waals surface area contributed by atoms with E-state index in [0.29, 0.717) is 23.0 Å². The van der Waals surface area contributed by atoms with Gasteiger partial charge in [-0.3, -0.25) is 4.79 Å². The van der Waals surface area contributed by atoms with Gasteiger partial charge in [0.25, 0.3) is 0 Å². The van der Waals surface area contributed by atoms with Gasteiger partial charge in [-0.25, -0.2) is 8.42 Å². The van der Waals surface area contributed by atoms with Gasteiger partial charge in [0, 0.05) is 16.6 Å². The van der Waals surface area contributed by atoms with Crippen LogP contribution in [0.5, 0.6) is 0 Å². The van der Waals surface area contributed by atoms with E-state index in [4.69, 9.17) is 23.2 Å². The van der Waals surface area contributed by atoms with E-state index in [1.54, 1.807) is 6.07 Å². The molecule has 134 valence electrons. The topological polar surface area (TPSA) is 63.2 Å². The van der Waals surface area contributed by atoms with Gasteiger partial charge in [-0.05, 0) is 56.2 Å². The quantitative estimate of drug-likeness (QED) is 0.800. The largest absolute Gasteiger partial charge is 0.354 e. The maximum absolute atomic E-state index is 12.8. The van der Waals surface area contributed by atoms with Gasteiger partial charge in [0.05, 0.1) is 4.90 Å². The lowest BCUT2D eigenvalue weighted by Crippen LogP contribution is -2.48. The Labute approximate surface area is 158 Å². The number of amides is 1. The molecule has 0 aliphatic carbocycles. The number of nitrogens with one attached hydrogen (secondary N) is 1. The fourth-order valence-electron chi connectivity index (χ4n) is 2.26. The van der Waals surface area contributed by atoms with Gasteiger partial charge in [-0.1, -0.05) is 41.4 Å². The molecule has 0 bridgehead atoms. The summed E-state index contributed by atoms with van der Waals surface area (Å²) in [6.45, 7) is 3.08. The Balaban J connectivity index is 2.08. The summed E-state index contributed by atoms with van der Waals surface area (Å²) in [5, 5.41) is 3.73. The first kappa shape index (κ1) is 19.8. The Hall–Kier alpha value is -1.56. The van der Waals surface area contributed by atoms with Crippen LogP contribution in [0.2, 0.25) is 10.0 Å². The van der Waals surface area contributed by atoms with Gasteiger partial charge in [-0.2, -0.15) is 0 Å². The van der Waals surface area contributed by atoms with Crippen LogP contribution in [-0.2, 0) is 21.1 Å². The first-order chi connectivity index (χ1) is 11.7. The number of hydrogen-bond donors (Lipinski definition) is 1. The summed E-state index contributed by atoms with van der Waals surface area (Å²) >= 11 is 11.9. The van der Waals surface area contributed by atoms with E-state index in [1.165, 1.54) is 38.1 Å². The number of rotatable bonds is 6. The lowest BCUT2D eigenvalue weighted by atomic mass is 10.1. The van der Waals surface area contributed by atoms with Crippen molar-refractivity contribution in [2.45, 2.75) is 29.9 Å². The van der Waals surface area contributed by atoms with Crippen molar-refractivity contribution in [3.63, 3.8) is 0 Å². The molecule has 4 nitrogen and oxygen atoms in total. The summed E-state index contributed by atoms with van der Waals surface area (Å²) in [4.78, 5) is 12.5. The lowest BCUT2D eigenvalue weighted by molar-refractivity contribution is -0.122. The standard InChI is InChI=1S/C18H19Cl2NO3S/c1-18(2,25(23,24)15-9-7-14(19)8-10-15)17(22)21-12-11-13-5-3-4-6-16(13)20/h3-10H,11-12H2,1-2H3,(H,21,22). The first-order valence-corrected chi connectivity index (χ1v) is 9.92. The average Bonchev–Trinajstić information content (AvgIpc) is 2.56. The highest BCUT2D eigenvalue weighted by Crippen LogP contribution is 2.26. The van der Waals surface area contributed by atoms with E-state index in [1.807, 2.05) is 18.2 Å². The zero-order valence-corrected chi connectivity index (χ0v) is 16.3. The Morgan fingerprint density at radius 2 is 1.64 bits per heavy atom. The molecule has 0 unspecified atom stereocenters. The van der Waals surface area contributed by atoms with E-state index in [0.717, 1.165) is 5.56 Å². The molecule has 7 heteroatoms. The van der Waals surface area contributed by atoms with Gasteiger partial charge in [-0.15, -0.1) is 0 Å². The highest BCUT2D eigenvalue weighted by atomic mass is 35.5. The Morgan fingerprint density at radius 1 is 1.04 bits per heavy atom. The third-order valence-corrected chi connectivity index (χ3v) is 7.02. The van der Waals surface area contributed by atoms with Crippen LogP contribution in [0.4, 0.5) is 0 Å². The summed E-state index contributed by atoms with van der Waals surface area (Å²) in [7, 11) is -3.85. The molecule has 0 heterocycles. The molecule has 0 atom stereocenters. The van der Waals surface area contributed by atoms with Crippen molar-refractivity contribution in [1.82, 2.24) is 5.32 Å². The molecule has 0 radical (unpaired) electrons. The number of carbonyl (C=O) groups is 1. The number of halogens is 2.